The van der Waals surface area contributed by atoms with E-state index in [0.717, 1.165) is 69.4 Å². The lowest BCUT2D eigenvalue weighted by molar-refractivity contribution is -0.161. The van der Waals surface area contributed by atoms with Crippen molar-refractivity contribution < 1.29 is 9.59 Å². The first-order valence-corrected chi connectivity index (χ1v) is 10.4. The second-order valence-electron chi connectivity index (χ2n) is 9.69. The molecule has 4 aliphatic carbocycles. The molecule has 6 fully saturated rings. The van der Waals surface area contributed by atoms with Crippen molar-refractivity contribution in [2.75, 3.05) is 19.6 Å². The molecule has 6 aliphatic rings. The fraction of sp³-hybridized carbons (Fsp3) is 0.900. The molecule has 0 spiro atoms. The van der Waals surface area contributed by atoms with Crippen LogP contribution >= 0.6 is 0 Å². The van der Waals surface area contributed by atoms with Crippen molar-refractivity contribution in [3.8, 4) is 0 Å². The van der Waals surface area contributed by atoms with Gasteiger partial charge in [-0.1, -0.05) is 0 Å². The number of carbonyl (C=O) groups is 2. The van der Waals surface area contributed by atoms with Gasteiger partial charge in [0, 0.05) is 25.7 Å². The average molecular weight is 345 g/mol. The average Bonchev–Trinajstić information content (AvgIpc) is 3.21. The van der Waals surface area contributed by atoms with Crippen LogP contribution in [0, 0.1) is 23.2 Å². The molecule has 0 aromatic heterocycles. The van der Waals surface area contributed by atoms with Crippen LogP contribution in [0.5, 0.6) is 0 Å². The molecule has 2 N–H and O–H groups in total. The summed E-state index contributed by atoms with van der Waals surface area (Å²) >= 11 is 0. The molecule has 6 rings (SSSR count). The van der Waals surface area contributed by atoms with Crippen molar-refractivity contribution >= 4 is 11.8 Å². The monoisotopic (exact) mass is 345 g/mol. The Kier molecular flexibility index (Phi) is 3.67. The molecule has 2 saturated heterocycles. The van der Waals surface area contributed by atoms with Gasteiger partial charge in [-0.05, 0) is 75.5 Å². The predicted molar refractivity (Wildman–Crippen MR) is 94.5 cm³/mol. The van der Waals surface area contributed by atoms with E-state index in [4.69, 9.17) is 5.73 Å². The molecule has 2 amide bonds. The summed E-state index contributed by atoms with van der Waals surface area (Å²) in [5.74, 6) is 2.78. The van der Waals surface area contributed by atoms with E-state index in [1.807, 2.05) is 9.80 Å². The molecule has 2 atom stereocenters. The number of likely N-dealkylation sites (tertiary alicyclic amines) is 2. The molecule has 0 aromatic carbocycles. The van der Waals surface area contributed by atoms with Gasteiger partial charge in [0.25, 0.3) is 0 Å². The number of amides is 2. The number of hydrogen-bond acceptors (Lipinski definition) is 3. The molecule has 1 unspecified atom stereocenters. The highest BCUT2D eigenvalue weighted by molar-refractivity contribution is 5.91. The van der Waals surface area contributed by atoms with Crippen LogP contribution in [-0.2, 0) is 9.59 Å². The third kappa shape index (κ3) is 2.53. The SMILES string of the molecule is N[C@@H]1CCN(C(=O)C2CCCN2C(=O)C23CC4CC(CC(C4)C2)C3)C1. The smallest absolute Gasteiger partial charge is 0.245 e. The molecule has 2 aliphatic heterocycles. The van der Waals surface area contributed by atoms with E-state index in [-0.39, 0.29) is 23.4 Å². The molecular formula is C20H31N3O2. The molecule has 138 valence electrons. The van der Waals surface area contributed by atoms with Gasteiger partial charge in [-0.15, -0.1) is 0 Å². The summed E-state index contributed by atoms with van der Waals surface area (Å²) in [5, 5.41) is 0. The van der Waals surface area contributed by atoms with Gasteiger partial charge in [0.05, 0.1) is 5.41 Å². The van der Waals surface area contributed by atoms with Crippen molar-refractivity contribution in [2.45, 2.75) is 69.9 Å². The van der Waals surface area contributed by atoms with Gasteiger partial charge < -0.3 is 15.5 Å². The Hall–Kier alpha value is -1.10. The number of hydrogen-bond donors (Lipinski definition) is 1. The normalized spacial score (nSPS) is 45.4. The van der Waals surface area contributed by atoms with E-state index < -0.39 is 0 Å². The van der Waals surface area contributed by atoms with Crippen molar-refractivity contribution in [3.63, 3.8) is 0 Å². The molecular weight excluding hydrogens is 314 g/mol. The maximum atomic E-state index is 13.6. The standard InChI is InChI=1S/C20H31N3O2/c21-16-3-5-22(12-16)18(24)17-2-1-4-23(17)19(25)20-9-13-6-14(10-20)8-15(7-13)11-20/h13-17H,1-12,21H2/t13?,14?,15?,16-,17?,20?/m1/s1. The lowest BCUT2D eigenvalue weighted by Crippen LogP contribution is -2.57. The van der Waals surface area contributed by atoms with E-state index in [2.05, 4.69) is 0 Å². The highest BCUT2D eigenvalue weighted by Crippen LogP contribution is 2.60. The van der Waals surface area contributed by atoms with Gasteiger partial charge in [-0.3, -0.25) is 9.59 Å². The lowest BCUT2D eigenvalue weighted by atomic mass is 9.49. The van der Waals surface area contributed by atoms with Crippen molar-refractivity contribution in [1.29, 1.82) is 0 Å². The summed E-state index contributed by atoms with van der Waals surface area (Å²) < 4.78 is 0. The van der Waals surface area contributed by atoms with E-state index in [1.165, 1.54) is 19.3 Å². The minimum absolute atomic E-state index is 0.109. The largest absolute Gasteiger partial charge is 0.339 e. The summed E-state index contributed by atoms with van der Waals surface area (Å²) in [6, 6.07) is -0.108. The molecule has 5 heteroatoms. The van der Waals surface area contributed by atoms with Crippen LogP contribution in [0.3, 0.4) is 0 Å². The van der Waals surface area contributed by atoms with Crippen LogP contribution in [-0.4, -0.2) is 53.3 Å². The highest BCUT2D eigenvalue weighted by atomic mass is 16.2. The number of rotatable bonds is 2. The summed E-state index contributed by atoms with van der Waals surface area (Å²) in [7, 11) is 0. The first kappa shape index (κ1) is 16.1. The third-order valence-corrected chi connectivity index (χ3v) is 7.83. The molecule has 4 bridgehead atoms. The number of carbonyl (C=O) groups excluding carboxylic acids is 2. The first-order valence-electron chi connectivity index (χ1n) is 10.4. The minimum Gasteiger partial charge on any atom is -0.339 e. The second kappa shape index (κ2) is 5.70. The molecule has 5 nitrogen and oxygen atoms in total. The van der Waals surface area contributed by atoms with E-state index in [9.17, 15) is 9.59 Å². The molecule has 4 saturated carbocycles. The Morgan fingerprint density at radius 2 is 1.56 bits per heavy atom. The highest BCUT2D eigenvalue weighted by Gasteiger charge is 2.57. The molecule has 25 heavy (non-hydrogen) atoms. The van der Waals surface area contributed by atoms with Crippen LogP contribution in [0.2, 0.25) is 0 Å². The number of nitrogens with two attached hydrogens (primary N) is 1. The fourth-order valence-corrected chi connectivity index (χ4v) is 7.14. The maximum absolute atomic E-state index is 13.6. The Morgan fingerprint density at radius 3 is 2.12 bits per heavy atom. The van der Waals surface area contributed by atoms with E-state index >= 15 is 0 Å². The Balaban J connectivity index is 1.35. The van der Waals surface area contributed by atoms with Gasteiger partial charge in [0.1, 0.15) is 6.04 Å². The molecule has 0 radical (unpaired) electrons. The van der Waals surface area contributed by atoms with Crippen LogP contribution in [0.4, 0.5) is 0 Å². The minimum atomic E-state index is -0.217. The van der Waals surface area contributed by atoms with Crippen LogP contribution in [0.15, 0.2) is 0 Å². The maximum Gasteiger partial charge on any atom is 0.245 e. The van der Waals surface area contributed by atoms with Crippen molar-refractivity contribution in [1.82, 2.24) is 9.80 Å². The Labute approximate surface area is 150 Å². The Bertz CT molecular complexity index is 554. The van der Waals surface area contributed by atoms with Gasteiger partial charge >= 0.3 is 0 Å². The number of nitrogens with zero attached hydrogens (tertiary/aromatic N) is 2. The summed E-state index contributed by atoms with van der Waals surface area (Å²) in [6.07, 6.45) is 10.00. The van der Waals surface area contributed by atoms with Gasteiger partial charge in [0.15, 0.2) is 0 Å². The molecule has 0 aromatic rings. The zero-order valence-electron chi connectivity index (χ0n) is 15.2. The lowest BCUT2D eigenvalue weighted by Gasteiger charge is -2.56. The summed E-state index contributed by atoms with van der Waals surface area (Å²) in [4.78, 5) is 30.5. The van der Waals surface area contributed by atoms with Crippen LogP contribution in [0.25, 0.3) is 0 Å². The van der Waals surface area contributed by atoms with Crippen LogP contribution in [0.1, 0.15) is 57.8 Å². The first-order chi connectivity index (χ1) is 12.0. The zero-order chi connectivity index (χ0) is 17.2. The van der Waals surface area contributed by atoms with Crippen molar-refractivity contribution in [3.05, 3.63) is 0 Å². The third-order valence-electron chi connectivity index (χ3n) is 7.83. The van der Waals surface area contributed by atoms with Crippen molar-refractivity contribution in [2.24, 2.45) is 28.9 Å². The fourth-order valence-electron chi connectivity index (χ4n) is 7.14. The predicted octanol–water partition coefficient (Wildman–Crippen LogP) is 1.75. The van der Waals surface area contributed by atoms with Gasteiger partial charge in [0.2, 0.25) is 11.8 Å². The van der Waals surface area contributed by atoms with E-state index in [1.54, 1.807) is 0 Å². The van der Waals surface area contributed by atoms with E-state index in [0.29, 0.717) is 12.5 Å². The Morgan fingerprint density at radius 1 is 0.920 bits per heavy atom. The summed E-state index contributed by atoms with van der Waals surface area (Å²) in [6.45, 7) is 2.20. The quantitative estimate of drug-likeness (QED) is 0.829. The zero-order valence-corrected chi connectivity index (χ0v) is 15.2. The van der Waals surface area contributed by atoms with Crippen LogP contribution < -0.4 is 5.73 Å². The second-order valence-corrected chi connectivity index (χ2v) is 9.69. The topological polar surface area (TPSA) is 66.6 Å². The van der Waals surface area contributed by atoms with Gasteiger partial charge in [-0.2, -0.15) is 0 Å². The van der Waals surface area contributed by atoms with Gasteiger partial charge in [-0.25, -0.2) is 0 Å². The molecule has 2 heterocycles. The summed E-state index contributed by atoms with van der Waals surface area (Å²) in [5.41, 5.74) is 5.86.